The van der Waals surface area contributed by atoms with Crippen molar-refractivity contribution in [1.82, 2.24) is 0 Å². The molecule has 17 heavy (non-hydrogen) atoms. The van der Waals surface area contributed by atoms with E-state index in [1.54, 1.807) is 25.1 Å². The lowest BCUT2D eigenvalue weighted by atomic mass is 10.3. The number of thioether (sulfide) groups is 1. The molecule has 0 saturated heterocycles. The van der Waals surface area contributed by atoms with Gasteiger partial charge in [-0.1, -0.05) is 17.8 Å². The van der Waals surface area contributed by atoms with Crippen LogP contribution in [0.15, 0.2) is 29.2 Å². The summed E-state index contributed by atoms with van der Waals surface area (Å²) in [6, 6.07) is 5.62. The lowest BCUT2D eigenvalue weighted by Gasteiger charge is -2.08. The number of anilines is 1. The van der Waals surface area contributed by atoms with Crippen molar-refractivity contribution in [2.24, 2.45) is 5.73 Å². The Morgan fingerprint density at radius 3 is 2.65 bits per heavy atom. The Morgan fingerprint density at radius 2 is 2.12 bits per heavy atom. The maximum atomic E-state index is 12.1. The molecular formula is C10H13ClF2N2OS. The van der Waals surface area contributed by atoms with Crippen molar-refractivity contribution in [3.63, 3.8) is 0 Å². The number of rotatable bonds is 4. The van der Waals surface area contributed by atoms with E-state index in [0.717, 1.165) is 0 Å². The molecule has 0 spiro atoms. The number of hydrogen-bond acceptors (Lipinski definition) is 3. The van der Waals surface area contributed by atoms with E-state index >= 15 is 0 Å². The Hall–Kier alpha value is -0.850. The summed E-state index contributed by atoms with van der Waals surface area (Å²) in [7, 11) is 0. The second-order valence-electron chi connectivity index (χ2n) is 3.18. The van der Waals surface area contributed by atoms with Crippen LogP contribution >= 0.6 is 24.2 Å². The Balaban J connectivity index is 0.00000256. The molecule has 1 atom stereocenters. The van der Waals surface area contributed by atoms with Crippen molar-refractivity contribution >= 4 is 35.8 Å². The Kier molecular flexibility index (Phi) is 7.10. The normalized spacial score (nSPS) is 11.8. The average Bonchev–Trinajstić information content (AvgIpc) is 2.16. The molecule has 0 aliphatic rings. The van der Waals surface area contributed by atoms with E-state index in [0.29, 0.717) is 22.3 Å². The molecule has 0 heterocycles. The second-order valence-corrected chi connectivity index (χ2v) is 4.25. The number of halogens is 3. The van der Waals surface area contributed by atoms with Crippen LogP contribution < -0.4 is 11.1 Å². The van der Waals surface area contributed by atoms with Crippen LogP contribution in [0.1, 0.15) is 6.92 Å². The minimum Gasteiger partial charge on any atom is -0.325 e. The third kappa shape index (κ3) is 5.86. The highest BCUT2D eigenvalue weighted by atomic mass is 35.5. The van der Waals surface area contributed by atoms with Crippen molar-refractivity contribution in [2.45, 2.75) is 23.6 Å². The van der Waals surface area contributed by atoms with Crippen LogP contribution in [0.2, 0.25) is 0 Å². The van der Waals surface area contributed by atoms with Gasteiger partial charge in [-0.25, -0.2) is 0 Å². The van der Waals surface area contributed by atoms with Gasteiger partial charge in [-0.05, 0) is 25.1 Å². The molecule has 1 aromatic rings. The van der Waals surface area contributed by atoms with Gasteiger partial charge < -0.3 is 11.1 Å². The molecule has 96 valence electrons. The molecule has 0 bridgehead atoms. The van der Waals surface area contributed by atoms with Crippen LogP contribution in [0.5, 0.6) is 0 Å². The van der Waals surface area contributed by atoms with Crippen LogP contribution in [0.4, 0.5) is 14.5 Å². The molecular weight excluding hydrogens is 270 g/mol. The summed E-state index contributed by atoms with van der Waals surface area (Å²) in [4.78, 5) is 11.7. The van der Waals surface area contributed by atoms with Crippen LogP contribution in [0.25, 0.3) is 0 Å². The maximum absolute atomic E-state index is 12.1. The van der Waals surface area contributed by atoms with Gasteiger partial charge in [0.1, 0.15) is 0 Å². The van der Waals surface area contributed by atoms with Gasteiger partial charge in [0.2, 0.25) is 5.91 Å². The molecule has 1 rings (SSSR count). The van der Waals surface area contributed by atoms with Gasteiger partial charge in [0.05, 0.1) is 6.04 Å². The topological polar surface area (TPSA) is 55.1 Å². The predicted molar refractivity (Wildman–Crippen MR) is 67.8 cm³/mol. The largest absolute Gasteiger partial charge is 0.325 e. The summed E-state index contributed by atoms with van der Waals surface area (Å²) in [6.07, 6.45) is 0. The summed E-state index contributed by atoms with van der Waals surface area (Å²) >= 11 is 0.432. The first-order valence-electron chi connectivity index (χ1n) is 4.60. The summed E-state index contributed by atoms with van der Waals surface area (Å²) in [6.45, 7) is 1.55. The van der Waals surface area contributed by atoms with Crippen LogP contribution in [0.3, 0.4) is 0 Å². The zero-order valence-electron chi connectivity index (χ0n) is 9.02. The maximum Gasteiger partial charge on any atom is 0.288 e. The third-order valence-corrected chi connectivity index (χ3v) is 2.44. The zero-order valence-corrected chi connectivity index (χ0v) is 10.7. The van der Waals surface area contributed by atoms with Gasteiger partial charge in [-0.15, -0.1) is 12.4 Å². The predicted octanol–water partition coefficient (Wildman–Crippen LogP) is 2.71. The van der Waals surface area contributed by atoms with E-state index in [1.807, 2.05) is 0 Å². The molecule has 3 nitrogen and oxygen atoms in total. The molecule has 0 radical (unpaired) electrons. The van der Waals surface area contributed by atoms with Crippen molar-refractivity contribution in [3.8, 4) is 0 Å². The van der Waals surface area contributed by atoms with E-state index in [9.17, 15) is 13.6 Å². The zero-order chi connectivity index (χ0) is 12.1. The molecule has 1 amide bonds. The van der Waals surface area contributed by atoms with Crippen molar-refractivity contribution < 1.29 is 13.6 Å². The van der Waals surface area contributed by atoms with E-state index < -0.39 is 11.8 Å². The number of carbonyl (C=O) groups is 1. The highest BCUT2D eigenvalue weighted by molar-refractivity contribution is 7.99. The molecule has 3 N–H and O–H groups in total. The lowest BCUT2D eigenvalue weighted by Crippen LogP contribution is -2.32. The summed E-state index contributed by atoms with van der Waals surface area (Å²) in [5.74, 6) is -2.82. The van der Waals surface area contributed by atoms with Crippen molar-refractivity contribution in [2.75, 3.05) is 5.32 Å². The minimum absolute atomic E-state index is 0. The smallest absolute Gasteiger partial charge is 0.288 e. The van der Waals surface area contributed by atoms with Crippen LogP contribution in [-0.2, 0) is 4.79 Å². The summed E-state index contributed by atoms with van der Waals surface area (Å²) in [5, 5.41) is 2.53. The number of carbonyl (C=O) groups excluding carboxylic acids is 1. The van der Waals surface area contributed by atoms with Gasteiger partial charge in [-0.2, -0.15) is 8.78 Å². The van der Waals surface area contributed by atoms with Gasteiger partial charge in [0.15, 0.2) is 0 Å². The average molecular weight is 283 g/mol. The van der Waals surface area contributed by atoms with Gasteiger partial charge in [-0.3, -0.25) is 4.79 Å². The van der Waals surface area contributed by atoms with Gasteiger partial charge in [0.25, 0.3) is 5.76 Å². The van der Waals surface area contributed by atoms with Gasteiger partial charge in [0, 0.05) is 10.6 Å². The first kappa shape index (κ1) is 16.1. The van der Waals surface area contributed by atoms with E-state index in [2.05, 4.69) is 5.32 Å². The first-order chi connectivity index (χ1) is 7.49. The molecule has 1 aromatic carbocycles. The number of amides is 1. The molecule has 0 unspecified atom stereocenters. The molecule has 0 aliphatic carbocycles. The Labute approximate surface area is 109 Å². The van der Waals surface area contributed by atoms with E-state index in [1.165, 1.54) is 6.07 Å². The monoisotopic (exact) mass is 282 g/mol. The fourth-order valence-corrected chi connectivity index (χ4v) is 1.56. The number of nitrogens with one attached hydrogen (secondary N) is 1. The number of hydrogen-bond donors (Lipinski definition) is 2. The number of nitrogens with two attached hydrogens (primary N) is 1. The highest BCUT2D eigenvalue weighted by Crippen LogP contribution is 2.27. The molecule has 0 fully saturated rings. The molecule has 7 heteroatoms. The van der Waals surface area contributed by atoms with Crippen molar-refractivity contribution in [3.05, 3.63) is 24.3 Å². The standard InChI is InChI=1S/C10H12F2N2OS.ClH/c1-6(13)9(15)14-7-3-2-4-8(5-7)16-10(11)12;/h2-6,10H,13H2,1H3,(H,14,15);1H/t6-;/m1./s1. The molecule has 0 aliphatic heterocycles. The van der Waals surface area contributed by atoms with Gasteiger partial charge >= 0.3 is 0 Å². The molecule has 0 saturated carbocycles. The Morgan fingerprint density at radius 1 is 1.47 bits per heavy atom. The van der Waals surface area contributed by atoms with E-state index in [-0.39, 0.29) is 18.3 Å². The highest BCUT2D eigenvalue weighted by Gasteiger charge is 2.09. The van der Waals surface area contributed by atoms with E-state index in [4.69, 9.17) is 5.73 Å². The Bertz CT molecular complexity index is 377. The SMILES string of the molecule is C[C@@H](N)C(=O)Nc1cccc(SC(F)F)c1.Cl. The van der Waals surface area contributed by atoms with Crippen LogP contribution in [-0.4, -0.2) is 17.7 Å². The third-order valence-electron chi connectivity index (χ3n) is 1.74. The van der Waals surface area contributed by atoms with Crippen LogP contribution in [0, 0.1) is 0 Å². The number of alkyl halides is 2. The fraction of sp³-hybridized carbons (Fsp3) is 0.300. The lowest BCUT2D eigenvalue weighted by molar-refractivity contribution is -0.117. The summed E-state index contributed by atoms with van der Waals surface area (Å²) < 4.78 is 24.2. The first-order valence-corrected chi connectivity index (χ1v) is 5.48. The quantitative estimate of drug-likeness (QED) is 0.835. The number of benzene rings is 1. The second kappa shape index (κ2) is 7.47. The fourth-order valence-electron chi connectivity index (χ4n) is 1.01. The molecule has 0 aromatic heterocycles. The summed E-state index contributed by atoms with van der Waals surface area (Å²) in [5.41, 5.74) is 5.83. The van der Waals surface area contributed by atoms with Crippen molar-refractivity contribution in [1.29, 1.82) is 0 Å². The minimum atomic E-state index is -2.47.